The van der Waals surface area contributed by atoms with Gasteiger partial charge in [0.15, 0.2) is 0 Å². The Balaban J connectivity index is 1.64. The Hall–Kier alpha value is -0.610. The number of halogens is 1. The fourth-order valence-corrected chi connectivity index (χ4v) is 2.82. The van der Waals surface area contributed by atoms with Gasteiger partial charge in [0.2, 0.25) is 0 Å². The van der Waals surface area contributed by atoms with Crippen molar-refractivity contribution in [2.45, 2.75) is 32.5 Å². The molecule has 1 N–H and O–H groups in total. The molecule has 1 heterocycles. The Kier molecular flexibility index (Phi) is 6.30. The summed E-state index contributed by atoms with van der Waals surface area (Å²) in [5.41, 5.74) is 1.08. The molecular weight excluding hydrogens is 274 g/mol. The summed E-state index contributed by atoms with van der Waals surface area (Å²) in [6.45, 7) is 6.07. The van der Waals surface area contributed by atoms with E-state index < -0.39 is 6.10 Å². The van der Waals surface area contributed by atoms with Gasteiger partial charge in [-0.25, -0.2) is 0 Å². The molecule has 0 aliphatic carbocycles. The van der Waals surface area contributed by atoms with Gasteiger partial charge in [0.1, 0.15) is 0 Å². The SMILES string of the molecule is C[C@@H]1CCCN(C[C@H](O)COCc2ccc(Cl)cc2)C1. The van der Waals surface area contributed by atoms with E-state index in [9.17, 15) is 5.11 Å². The first-order valence-electron chi connectivity index (χ1n) is 7.36. The van der Waals surface area contributed by atoms with E-state index in [-0.39, 0.29) is 0 Å². The molecule has 1 fully saturated rings. The molecule has 3 nitrogen and oxygen atoms in total. The van der Waals surface area contributed by atoms with Gasteiger partial charge in [-0.05, 0) is 43.0 Å². The molecule has 0 aromatic heterocycles. The van der Waals surface area contributed by atoms with Gasteiger partial charge in [-0.1, -0.05) is 30.7 Å². The summed E-state index contributed by atoms with van der Waals surface area (Å²) in [6.07, 6.45) is 2.13. The summed E-state index contributed by atoms with van der Waals surface area (Å²) in [6, 6.07) is 7.60. The number of likely N-dealkylation sites (tertiary alicyclic amines) is 1. The van der Waals surface area contributed by atoms with Gasteiger partial charge in [0.25, 0.3) is 0 Å². The summed E-state index contributed by atoms with van der Waals surface area (Å²) in [4.78, 5) is 2.34. The fraction of sp³-hybridized carbons (Fsp3) is 0.625. The number of β-amino-alcohol motifs (C(OH)–C–C–N with tert-alkyl or cyclic N) is 1. The summed E-state index contributed by atoms with van der Waals surface area (Å²) < 4.78 is 5.57. The van der Waals surface area contributed by atoms with E-state index >= 15 is 0 Å². The average Bonchev–Trinajstić information content (AvgIpc) is 2.41. The van der Waals surface area contributed by atoms with Crippen LogP contribution in [0, 0.1) is 5.92 Å². The van der Waals surface area contributed by atoms with Crippen molar-refractivity contribution in [3.05, 3.63) is 34.9 Å². The van der Waals surface area contributed by atoms with Gasteiger partial charge in [-0.2, -0.15) is 0 Å². The second kappa shape index (κ2) is 7.99. The first-order chi connectivity index (χ1) is 9.63. The van der Waals surface area contributed by atoms with Crippen LogP contribution in [0.25, 0.3) is 0 Å². The number of hydrogen-bond donors (Lipinski definition) is 1. The highest BCUT2D eigenvalue weighted by Gasteiger charge is 2.18. The monoisotopic (exact) mass is 297 g/mol. The lowest BCUT2D eigenvalue weighted by Gasteiger charge is -2.32. The molecule has 1 aliphatic rings. The van der Waals surface area contributed by atoms with Crippen LogP contribution in [0.1, 0.15) is 25.3 Å². The molecule has 1 aromatic rings. The number of piperidine rings is 1. The molecule has 0 radical (unpaired) electrons. The maximum absolute atomic E-state index is 10.0. The highest BCUT2D eigenvalue weighted by molar-refractivity contribution is 6.30. The Labute approximate surface area is 126 Å². The smallest absolute Gasteiger partial charge is 0.0900 e. The fourth-order valence-electron chi connectivity index (χ4n) is 2.70. The normalized spacial score (nSPS) is 21.9. The molecule has 0 saturated carbocycles. The Morgan fingerprint density at radius 3 is 2.85 bits per heavy atom. The molecule has 20 heavy (non-hydrogen) atoms. The van der Waals surface area contributed by atoms with E-state index in [1.807, 2.05) is 24.3 Å². The number of nitrogens with zero attached hydrogens (tertiary/aromatic N) is 1. The predicted octanol–water partition coefficient (Wildman–Crippen LogP) is 2.95. The van der Waals surface area contributed by atoms with Crippen LogP contribution in [0.15, 0.2) is 24.3 Å². The third-order valence-electron chi connectivity index (χ3n) is 3.70. The zero-order valence-electron chi connectivity index (χ0n) is 12.1. The third-order valence-corrected chi connectivity index (χ3v) is 3.95. The van der Waals surface area contributed by atoms with Crippen molar-refractivity contribution in [3.63, 3.8) is 0 Å². The third kappa shape index (κ3) is 5.41. The van der Waals surface area contributed by atoms with Crippen LogP contribution in [0.3, 0.4) is 0 Å². The summed E-state index contributed by atoms with van der Waals surface area (Å²) in [7, 11) is 0. The van der Waals surface area contributed by atoms with Crippen LogP contribution in [-0.4, -0.2) is 42.4 Å². The topological polar surface area (TPSA) is 32.7 Å². The zero-order valence-corrected chi connectivity index (χ0v) is 12.9. The van der Waals surface area contributed by atoms with Gasteiger partial charge < -0.3 is 14.7 Å². The minimum absolute atomic E-state index is 0.382. The van der Waals surface area contributed by atoms with Crippen LogP contribution >= 0.6 is 11.6 Å². The minimum Gasteiger partial charge on any atom is -0.389 e. The largest absolute Gasteiger partial charge is 0.389 e. The van der Waals surface area contributed by atoms with Crippen molar-refractivity contribution < 1.29 is 9.84 Å². The maximum Gasteiger partial charge on any atom is 0.0900 e. The molecule has 1 aliphatic heterocycles. The molecule has 112 valence electrons. The number of benzene rings is 1. The Morgan fingerprint density at radius 2 is 2.15 bits per heavy atom. The average molecular weight is 298 g/mol. The Morgan fingerprint density at radius 1 is 1.40 bits per heavy atom. The summed E-state index contributed by atoms with van der Waals surface area (Å²) in [5.74, 6) is 0.742. The standard InChI is InChI=1S/C16H24ClNO2/c1-13-3-2-8-18(9-13)10-16(19)12-20-11-14-4-6-15(17)7-5-14/h4-7,13,16,19H,2-3,8-12H2,1H3/t13-,16+/m1/s1. The van der Waals surface area contributed by atoms with Crippen LogP contribution in [-0.2, 0) is 11.3 Å². The molecule has 2 atom stereocenters. The molecular formula is C16H24ClNO2. The number of ether oxygens (including phenoxy) is 1. The van der Waals surface area contributed by atoms with Crippen molar-refractivity contribution in [2.24, 2.45) is 5.92 Å². The van der Waals surface area contributed by atoms with E-state index in [2.05, 4.69) is 11.8 Å². The van der Waals surface area contributed by atoms with E-state index in [1.54, 1.807) is 0 Å². The molecule has 1 aromatic carbocycles. The van der Waals surface area contributed by atoms with Crippen molar-refractivity contribution >= 4 is 11.6 Å². The number of rotatable bonds is 6. The molecule has 0 bridgehead atoms. The van der Waals surface area contributed by atoms with Crippen molar-refractivity contribution in [3.8, 4) is 0 Å². The van der Waals surface area contributed by atoms with Crippen molar-refractivity contribution in [2.75, 3.05) is 26.2 Å². The van der Waals surface area contributed by atoms with E-state index in [0.29, 0.717) is 19.8 Å². The lowest BCUT2D eigenvalue weighted by atomic mass is 10.0. The lowest BCUT2D eigenvalue weighted by molar-refractivity contribution is 0.00377. The molecule has 0 spiro atoms. The van der Waals surface area contributed by atoms with Gasteiger partial charge in [-0.3, -0.25) is 0 Å². The van der Waals surface area contributed by atoms with Gasteiger partial charge in [0, 0.05) is 18.1 Å². The molecule has 4 heteroatoms. The van der Waals surface area contributed by atoms with E-state index in [0.717, 1.165) is 29.6 Å². The molecule has 1 saturated heterocycles. The second-order valence-electron chi connectivity index (χ2n) is 5.80. The number of aliphatic hydroxyl groups excluding tert-OH is 1. The first-order valence-corrected chi connectivity index (χ1v) is 7.74. The van der Waals surface area contributed by atoms with Crippen LogP contribution in [0.2, 0.25) is 5.02 Å². The van der Waals surface area contributed by atoms with Gasteiger partial charge in [0.05, 0.1) is 19.3 Å². The zero-order chi connectivity index (χ0) is 14.4. The first kappa shape index (κ1) is 15.8. The molecule has 0 unspecified atom stereocenters. The molecule has 2 rings (SSSR count). The van der Waals surface area contributed by atoms with Gasteiger partial charge in [-0.15, -0.1) is 0 Å². The molecule has 0 amide bonds. The minimum atomic E-state index is -0.410. The van der Waals surface area contributed by atoms with Crippen LogP contribution < -0.4 is 0 Å². The van der Waals surface area contributed by atoms with Crippen molar-refractivity contribution in [1.82, 2.24) is 4.90 Å². The highest BCUT2D eigenvalue weighted by atomic mass is 35.5. The number of hydrogen-bond acceptors (Lipinski definition) is 3. The summed E-state index contributed by atoms with van der Waals surface area (Å²) >= 11 is 5.83. The Bertz CT molecular complexity index is 396. The maximum atomic E-state index is 10.0. The second-order valence-corrected chi connectivity index (χ2v) is 6.24. The van der Waals surface area contributed by atoms with E-state index in [1.165, 1.54) is 12.8 Å². The quantitative estimate of drug-likeness (QED) is 0.876. The van der Waals surface area contributed by atoms with E-state index in [4.69, 9.17) is 16.3 Å². The lowest BCUT2D eigenvalue weighted by Crippen LogP contribution is -2.40. The highest BCUT2D eigenvalue weighted by Crippen LogP contribution is 2.15. The predicted molar refractivity (Wildman–Crippen MR) is 82.0 cm³/mol. The van der Waals surface area contributed by atoms with Crippen LogP contribution in [0.4, 0.5) is 0 Å². The van der Waals surface area contributed by atoms with Crippen LogP contribution in [0.5, 0.6) is 0 Å². The summed E-state index contributed by atoms with van der Waals surface area (Å²) in [5, 5.41) is 10.8. The van der Waals surface area contributed by atoms with Gasteiger partial charge >= 0.3 is 0 Å². The number of aliphatic hydroxyl groups is 1. The van der Waals surface area contributed by atoms with Crippen molar-refractivity contribution in [1.29, 1.82) is 0 Å².